The molecule has 1 saturated carbocycles. The summed E-state index contributed by atoms with van der Waals surface area (Å²) < 4.78 is 2.09. The molecule has 1 spiro atoms. The van der Waals surface area contributed by atoms with Crippen molar-refractivity contribution >= 4 is 11.8 Å². The Kier molecular flexibility index (Phi) is 4.91. The van der Waals surface area contributed by atoms with E-state index in [1.807, 2.05) is 42.4 Å². The maximum absolute atomic E-state index is 13.7. The molecule has 2 aliphatic heterocycles. The van der Waals surface area contributed by atoms with E-state index in [-0.39, 0.29) is 17.7 Å². The van der Waals surface area contributed by atoms with Crippen molar-refractivity contribution in [2.75, 3.05) is 26.2 Å². The number of aryl methyl sites for hydroxylation is 1. The number of imidazole rings is 1. The second kappa shape index (κ2) is 7.50. The second-order valence-electron chi connectivity index (χ2n) is 10.0. The third-order valence-electron chi connectivity index (χ3n) is 7.42. The number of amides is 2. The van der Waals surface area contributed by atoms with Crippen LogP contribution in [0, 0.1) is 18.3 Å². The van der Waals surface area contributed by atoms with Gasteiger partial charge >= 0.3 is 0 Å². The molecule has 31 heavy (non-hydrogen) atoms. The molecule has 2 amide bonds. The molecule has 3 heterocycles. The van der Waals surface area contributed by atoms with Crippen LogP contribution in [0.5, 0.6) is 0 Å². The summed E-state index contributed by atoms with van der Waals surface area (Å²) in [7, 11) is 0. The maximum Gasteiger partial charge on any atom is 0.253 e. The molecule has 0 radical (unpaired) electrons. The van der Waals surface area contributed by atoms with Gasteiger partial charge in [0.1, 0.15) is 0 Å². The highest BCUT2D eigenvalue weighted by Crippen LogP contribution is 2.50. The summed E-state index contributed by atoms with van der Waals surface area (Å²) in [6.45, 7) is 8.97. The number of benzene rings is 1. The van der Waals surface area contributed by atoms with E-state index in [4.69, 9.17) is 4.98 Å². The molecular weight excluding hydrogens is 388 g/mol. The molecule has 2 aromatic rings. The van der Waals surface area contributed by atoms with E-state index in [2.05, 4.69) is 29.5 Å². The lowest BCUT2D eigenvalue weighted by molar-refractivity contribution is -0.136. The van der Waals surface area contributed by atoms with Crippen molar-refractivity contribution in [1.82, 2.24) is 19.4 Å². The minimum atomic E-state index is -0.550. The molecule has 1 aromatic carbocycles. The number of nitrogens with zero attached hydrogens (tertiary/aromatic N) is 4. The van der Waals surface area contributed by atoms with Gasteiger partial charge in [0.2, 0.25) is 5.91 Å². The fourth-order valence-electron chi connectivity index (χ4n) is 5.25. The molecule has 0 N–H and O–H groups in total. The van der Waals surface area contributed by atoms with Gasteiger partial charge in [-0.15, -0.1) is 0 Å². The summed E-state index contributed by atoms with van der Waals surface area (Å²) in [4.78, 5) is 35.7. The van der Waals surface area contributed by atoms with Crippen LogP contribution in [-0.2, 0) is 4.79 Å². The number of carbonyl (C=O) groups is 2. The molecule has 6 nitrogen and oxygen atoms in total. The summed E-state index contributed by atoms with van der Waals surface area (Å²) >= 11 is 0. The molecule has 1 aromatic heterocycles. The van der Waals surface area contributed by atoms with Gasteiger partial charge in [0.05, 0.1) is 17.4 Å². The highest BCUT2D eigenvalue weighted by molar-refractivity contribution is 5.96. The Morgan fingerprint density at radius 3 is 2.61 bits per heavy atom. The van der Waals surface area contributed by atoms with Crippen LogP contribution in [-0.4, -0.2) is 57.3 Å². The summed E-state index contributed by atoms with van der Waals surface area (Å²) in [5, 5.41) is 0. The van der Waals surface area contributed by atoms with Crippen LogP contribution < -0.4 is 0 Å². The van der Waals surface area contributed by atoms with E-state index < -0.39 is 5.41 Å². The van der Waals surface area contributed by atoms with Gasteiger partial charge in [0.15, 0.2) is 0 Å². The molecule has 6 heteroatoms. The standard InChI is InChI=1S/C25H32N4O2/c1-17(2)29-14-22(26-16-29)21-13-28(23(30)20-8-4-18(3)5-9-20)15-25(21)10-11-27(24(25)31)12-19-6-7-19/h4-5,8-9,14,16-17,19,21H,6-7,10-13,15H2,1-3H3/t21-,25+/m0/s1. The molecule has 164 valence electrons. The molecule has 1 aliphatic carbocycles. The molecule has 3 fully saturated rings. The van der Waals surface area contributed by atoms with E-state index >= 15 is 0 Å². The first kappa shape index (κ1) is 20.3. The van der Waals surface area contributed by atoms with Crippen LogP contribution in [0.15, 0.2) is 36.8 Å². The van der Waals surface area contributed by atoms with E-state index in [1.165, 1.54) is 12.8 Å². The van der Waals surface area contributed by atoms with Gasteiger partial charge in [-0.05, 0) is 58.1 Å². The lowest BCUT2D eigenvalue weighted by Crippen LogP contribution is -2.41. The zero-order chi connectivity index (χ0) is 21.8. The molecule has 5 rings (SSSR count). The van der Waals surface area contributed by atoms with Gasteiger partial charge in [-0.3, -0.25) is 9.59 Å². The van der Waals surface area contributed by atoms with Crippen LogP contribution in [0.2, 0.25) is 0 Å². The Hall–Kier alpha value is -2.63. The maximum atomic E-state index is 13.7. The van der Waals surface area contributed by atoms with Crippen molar-refractivity contribution in [3.05, 3.63) is 53.6 Å². The minimum absolute atomic E-state index is 0.0126. The average molecular weight is 421 g/mol. The number of hydrogen-bond donors (Lipinski definition) is 0. The zero-order valence-electron chi connectivity index (χ0n) is 18.8. The van der Waals surface area contributed by atoms with Crippen molar-refractivity contribution in [2.24, 2.45) is 11.3 Å². The van der Waals surface area contributed by atoms with Gasteiger partial charge in [-0.1, -0.05) is 17.7 Å². The van der Waals surface area contributed by atoms with Crippen LogP contribution in [0.3, 0.4) is 0 Å². The first-order chi connectivity index (χ1) is 14.9. The Bertz CT molecular complexity index is 991. The number of aromatic nitrogens is 2. The predicted octanol–water partition coefficient (Wildman–Crippen LogP) is 3.64. The Morgan fingerprint density at radius 2 is 1.97 bits per heavy atom. The Morgan fingerprint density at radius 1 is 1.23 bits per heavy atom. The highest BCUT2D eigenvalue weighted by atomic mass is 16.2. The van der Waals surface area contributed by atoms with Gasteiger partial charge in [0, 0.05) is 49.9 Å². The van der Waals surface area contributed by atoms with Crippen LogP contribution >= 0.6 is 0 Å². The van der Waals surface area contributed by atoms with Crippen LogP contribution in [0.25, 0.3) is 0 Å². The van der Waals surface area contributed by atoms with Gasteiger partial charge in [-0.2, -0.15) is 0 Å². The van der Waals surface area contributed by atoms with E-state index in [0.29, 0.717) is 30.6 Å². The predicted molar refractivity (Wildman–Crippen MR) is 119 cm³/mol. The smallest absolute Gasteiger partial charge is 0.253 e. The quantitative estimate of drug-likeness (QED) is 0.742. The molecule has 0 bridgehead atoms. The largest absolute Gasteiger partial charge is 0.342 e. The average Bonchev–Trinajstić information content (AvgIpc) is 3.17. The SMILES string of the molecule is Cc1ccc(C(=O)N2C[C@@H](c3cn(C(C)C)cn3)[C@@]3(CCN(CC4CC4)C3=O)C2)cc1. The third-order valence-corrected chi connectivity index (χ3v) is 7.42. The van der Waals surface area contributed by atoms with Gasteiger partial charge in [-0.25, -0.2) is 4.98 Å². The fraction of sp³-hybridized carbons (Fsp3) is 0.560. The molecular formula is C25H32N4O2. The summed E-state index contributed by atoms with van der Waals surface area (Å²) in [5.74, 6) is 0.851. The normalized spacial score (nSPS) is 25.9. The highest BCUT2D eigenvalue weighted by Gasteiger charge is 2.59. The van der Waals surface area contributed by atoms with E-state index in [9.17, 15) is 9.59 Å². The molecule has 3 aliphatic rings. The Balaban J connectivity index is 1.46. The van der Waals surface area contributed by atoms with Crippen LogP contribution in [0.4, 0.5) is 0 Å². The topological polar surface area (TPSA) is 58.4 Å². The number of likely N-dealkylation sites (tertiary alicyclic amines) is 2. The number of hydrogen-bond acceptors (Lipinski definition) is 3. The van der Waals surface area contributed by atoms with E-state index in [1.54, 1.807) is 0 Å². The van der Waals surface area contributed by atoms with Crippen LogP contribution in [0.1, 0.15) is 66.7 Å². The summed E-state index contributed by atoms with van der Waals surface area (Å²) in [5.41, 5.74) is 2.21. The monoisotopic (exact) mass is 420 g/mol. The lowest BCUT2D eigenvalue weighted by Gasteiger charge is -2.28. The zero-order valence-corrected chi connectivity index (χ0v) is 18.8. The van der Waals surface area contributed by atoms with E-state index in [0.717, 1.165) is 30.8 Å². The van der Waals surface area contributed by atoms with Gasteiger partial charge < -0.3 is 14.4 Å². The first-order valence-electron chi connectivity index (χ1n) is 11.6. The third kappa shape index (κ3) is 3.56. The number of carbonyl (C=O) groups excluding carboxylic acids is 2. The lowest BCUT2D eigenvalue weighted by atomic mass is 9.75. The molecule has 2 atom stereocenters. The van der Waals surface area contributed by atoms with Crippen molar-refractivity contribution in [2.45, 2.75) is 52.0 Å². The minimum Gasteiger partial charge on any atom is -0.342 e. The Labute approximate surface area is 184 Å². The van der Waals surface area contributed by atoms with Crippen molar-refractivity contribution in [3.8, 4) is 0 Å². The summed E-state index contributed by atoms with van der Waals surface area (Å²) in [6, 6.07) is 8.04. The van der Waals surface area contributed by atoms with Crippen molar-refractivity contribution in [1.29, 1.82) is 0 Å². The van der Waals surface area contributed by atoms with Crippen molar-refractivity contribution < 1.29 is 9.59 Å². The summed E-state index contributed by atoms with van der Waals surface area (Å²) in [6.07, 6.45) is 7.21. The second-order valence-corrected chi connectivity index (χ2v) is 10.0. The number of rotatable bonds is 5. The fourth-order valence-corrected chi connectivity index (χ4v) is 5.25. The molecule has 0 unspecified atom stereocenters. The molecule has 2 saturated heterocycles. The first-order valence-corrected chi connectivity index (χ1v) is 11.6. The van der Waals surface area contributed by atoms with Gasteiger partial charge in [0.25, 0.3) is 5.91 Å². The van der Waals surface area contributed by atoms with Crippen molar-refractivity contribution in [3.63, 3.8) is 0 Å².